The Morgan fingerprint density at radius 1 is 1.05 bits per heavy atom. The van der Waals surface area contributed by atoms with E-state index < -0.39 is 5.63 Å². The molecule has 0 unspecified atom stereocenters. The number of benzene rings is 1. The number of rotatable bonds is 3. The minimum atomic E-state index is -0.518. The average molecular weight is 276 g/mol. The monoisotopic (exact) mass is 276 g/mol. The van der Waals surface area contributed by atoms with Crippen molar-refractivity contribution < 1.29 is 23.4 Å². The van der Waals surface area contributed by atoms with Crippen LogP contribution >= 0.6 is 0 Å². The summed E-state index contributed by atoms with van der Waals surface area (Å²) in [6.07, 6.45) is 0. The smallest absolute Gasteiger partial charge is 0.340 e. The summed E-state index contributed by atoms with van der Waals surface area (Å²) in [5, 5.41) is 0. The molecule has 3 rings (SSSR count). The van der Waals surface area contributed by atoms with Crippen LogP contribution in [0.25, 0.3) is 11.3 Å². The Morgan fingerprint density at radius 2 is 1.85 bits per heavy atom. The van der Waals surface area contributed by atoms with Crippen LogP contribution in [0.4, 0.5) is 0 Å². The lowest BCUT2D eigenvalue weighted by Crippen LogP contribution is -2.03. The molecule has 0 atom stereocenters. The number of ether oxygens (including phenoxy) is 4. The van der Waals surface area contributed by atoms with Gasteiger partial charge in [0.25, 0.3) is 0 Å². The number of hydrogen-bond acceptors (Lipinski definition) is 6. The van der Waals surface area contributed by atoms with Gasteiger partial charge in [-0.3, -0.25) is 0 Å². The molecule has 0 spiro atoms. The third-order valence-electron chi connectivity index (χ3n) is 2.94. The van der Waals surface area contributed by atoms with Gasteiger partial charge in [-0.25, -0.2) is 4.79 Å². The Kier molecular flexibility index (Phi) is 2.98. The highest BCUT2D eigenvalue weighted by molar-refractivity contribution is 5.70. The van der Waals surface area contributed by atoms with Crippen LogP contribution in [0, 0.1) is 0 Å². The second kappa shape index (κ2) is 4.80. The van der Waals surface area contributed by atoms with Crippen LogP contribution in [0.5, 0.6) is 23.0 Å². The van der Waals surface area contributed by atoms with E-state index in [-0.39, 0.29) is 12.6 Å². The highest BCUT2D eigenvalue weighted by Gasteiger charge is 2.20. The van der Waals surface area contributed by atoms with Crippen LogP contribution in [0.1, 0.15) is 0 Å². The molecule has 0 bridgehead atoms. The third-order valence-corrected chi connectivity index (χ3v) is 2.94. The van der Waals surface area contributed by atoms with Crippen molar-refractivity contribution >= 4 is 0 Å². The lowest BCUT2D eigenvalue weighted by Gasteiger charge is -2.11. The van der Waals surface area contributed by atoms with Gasteiger partial charge in [-0.15, -0.1) is 0 Å². The van der Waals surface area contributed by atoms with Crippen LogP contribution < -0.4 is 24.6 Å². The summed E-state index contributed by atoms with van der Waals surface area (Å²) >= 11 is 0. The Balaban J connectivity index is 2.18. The second-order valence-corrected chi connectivity index (χ2v) is 4.06. The fourth-order valence-corrected chi connectivity index (χ4v) is 2.03. The molecule has 0 amide bonds. The Labute approximate surface area is 114 Å². The Hall–Kier alpha value is -2.63. The van der Waals surface area contributed by atoms with Gasteiger partial charge >= 0.3 is 5.63 Å². The molecule has 2 aromatic rings. The number of methoxy groups -OCH3 is 2. The standard InChI is InChI=1S/C14H12O6/c1-16-11-6-12(15)20-13(14(11)17-2)8-3-4-9-10(5-8)19-7-18-9/h3-6H,7H2,1-2H3. The topological polar surface area (TPSA) is 67.1 Å². The summed E-state index contributed by atoms with van der Waals surface area (Å²) in [7, 11) is 2.94. The zero-order valence-electron chi connectivity index (χ0n) is 11.0. The number of hydrogen-bond donors (Lipinski definition) is 0. The first-order chi connectivity index (χ1) is 9.72. The van der Waals surface area contributed by atoms with Crippen molar-refractivity contribution in [1.29, 1.82) is 0 Å². The number of fused-ring (bicyclic) bond motifs is 1. The summed E-state index contributed by atoms with van der Waals surface area (Å²) in [4.78, 5) is 11.6. The minimum Gasteiger partial charge on any atom is -0.492 e. The van der Waals surface area contributed by atoms with E-state index in [1.54, 1.807) is 18.2 Å². The maximum Gasteiger partial charge on any atom is 0.340 e. The van der Waals surface area contributed by atoms with Gasteiger partial charge in [0, 0.05) is 5.56 Å². The van der Waals surface area contributed by atoms with Gasteiger partial charge in [0.2, 0.25) is 12.5 Å². The molecule has 6 nitrogen and oxygen atoms in total. The first-order valence-electron chi connectivity index (χ1n) is 5.89. The molecular weight excluding hydrogens is 264 g/mol. The molecule has 1 aliphatic rings. The van der Waals surface area contributed by atoms with Crippen molar-refractivity contribution in [2.75, 3.05) is 21.0 Å². The van der Waals surface area contributed by atoms with E-state index in [1.165, 1.54) is 20.3 Å². The normalized spacial score (nSPS) is 12.3. The van der Waals surface area contributed by atoms with E-state index >= 15 is 0 Å². The fourth-order valence-electron chi connectivity index (χ4n) is 2.03. The lowest BCUT2D eigenvalue weighted by atomic mass is 10.1. The van der Waals surface area contributed by atoms with Crippen molar-refractivity contribution in [2.24, 2.45) is 0 Å². The predicted octanol–water partition coefficient (Wildman–Crippen LogP) is 2.05. The van der Waals surface area contributed by atoms with Crippen LogP contribution in [-0.2, 0) is 0 Å². The maximum absolute atomic E-state index is 11.6. The van der Waals surface area contributed by atoms with Crippen molar-refractivity contribution in [1.82, 2.24) is 0 Å². The highest BCUT2D eigenvalue weighted by Crippen LogP contribution is 2.41. The van der Waals surface area contributed by atoms with E-state index in [1.807, 2.05) is 0 Å². The zero-order chi connectivity index (χ0) is 14.1. The van der Waals surface area contributed by atoms with E-state index in [0.717, 1.165) is 0 Å². The first kappa shape index (κ1) is 12.4. The van der Waals surface area contributed by atoms with Crippen LogP contribution in [-0.4, -0.2) is 21.0 Å². The largest absolute Gasteiger partial charge is 0.492 e. The Morgan fingerprint density at radius 3 is 2.60 bits per heavy atom. The van der Waals surface area contributed by atoms with Gasteiger partial charge in [0.1, 0.15) is 0 Å². The zero-order valence-corrected chi connectivity index (χ0v) is 11.0. The quantitative estimate of drug-likeness (QED) is 0.854. The summed E-state index contributed by atoms with van der Waals surface area (Å²) in [6.45, 7) is 0.179. The molecule has 0 N–H and O–H groups in total. The van der Waals surface area contributed by atoms with Crippen LogP contribution in [0.15, 0.2) is 33.5 Å². The summed E-state index contributed by atoms with van der Waals surface area (Å²) < 4.78 is 26.2. The summed E-state index contributed by atoms with van der Waals surface area (Å²) in [5.74, 6) is 2.20. The van der Waals surface area contributed by atoms with Crippen molar-refractivity contribution in [3.8, 4) is 34.3 Å². The molecule has 2 heterocycles. The molecule has 6 heteroatoms. The van der Waals surface area contributed by atoms with Crippen molar-refractivity contribution in [2.45, 2.75) is 0 Å². The van der Waals surface area contributed by atoms with Gasteiger partial charge < -0.3 is 23.4 Å². The third kappa shape index (κ3) is 1.95. The van der Waals surface area contributed by atoms with E-state index in [9.17, 15) is 4.79 Å². The molecule has 0 fully saturated rings. The maximum atomic E-state index is 11.6. The molecule has 0 aliphatic carbocycles. The Bertz CT molecular complexity index is 703. The van der Waals surface area contributed by atoms with Gasteiger partial charge in [0.05, 0.1) is 20.3 Å². The second-order valence-electron chi connectivity index (χ2n) is 4.06. The molecule has 0 saturated heterocycles. The molecule has 1 aromatic carbocycles. The summed E-state index contributed by atoms with van der Waals surface area (Å²) in [6, 6.07) is 6.46. The van der Waals surface area contributed by atoms with Gasteiger partial charge in [0.15, 0.2) is 23.0 Å². The molecule has 20 heavy (non-hydrogen) atoms. The van der Waals surface area contributed by atoms with Crippen LogP contribution in [0.2, 0.25) is 0 Å². The molecule has 0 saturated carbocycles. The van der Waals surface area contributed by atoms with Crippen LogP contribution in [0.3, 0.4) is 0 Å². The fraction of sp³-hybridized carbons (Fsp3) is 0.214. The van der Waals surface area contributed by atoms with E-state index in [4.69, 9.17) is 23.4 Å². The van der Waals surface area contributed by atoms with E-state index in [0.29, 0.717) is 28.6 Å². The predicted molar refractivity (Wildman–Crippen MR) is 69.6 cm³/mol. The van der Waals surface area contributed by atoms with Gasteiger partial charge in [-0.1, -0.05) is 0 Å². The average Bonchev–Trinajstić information content (AvgIpc) is 2.93. The molecule has 0 radical (unpaired) electrons. The SMILES string of the molecule is COc1cc(=O)oc(-c2ccc3c(c2)OCO3)c1OC. The van der Waals surface area contributed by atoms with Gasteiger partial charge in [-0.05, 0) is 18.2 Å². The van der Waals surface area contributed by atoms with E-state index in [2.05, 4.69) is 0 Å². The van der Waals surface area contributed by atoms with Crippen molar-refractivity contribution in [3.63, 3.8) is 0 Å². The van der Waals surface area contributed by atoms with Crippen molar-refractivity contribution in [3.05, 3.63) is 34.7 Å². The minimum absolute atomic E-state index is 0.179. The summed E-state index contributed by atoms with van der Waals surface area (Å²) in [5.41, 5.74) is 0.123. The molecular formula is C14H12O6. The molecule has 1 aliphatic heterocycles. The molecule has 104 valence electrons. The highest BCUT2D eigenvalue weighted by atomic mass is 16.7. The lowest BCUT2D eigenvalue weighted by molar-refractivity contribution is 0.174. The molecule has 1 aromatic heterocycles. The first-order valence-corrected chi connectivity index (χ1v) is 5.89. The van der Waals surface area contributed by atoms with Gasteiger partial charge in [-0.2, -0.15) is 0 Å².